The van der Waals surface area contributed by atoms with Gasteiger partial charge in [0.25, 0.3) is 0 Å². The molecule has 2 aliphatic rings. The summed E-state index contributed by atoms with van der Waals surface area (Å²) in [6.07, 6.45) is 2.74. The molecule has 1 amide bonds. The molecule has 4 rings (SSSR count). The van der Waals surface area contributed by atoms with Gasteiger partial charge in [-0.1, -0.05) is 48.9 Å². The number of para-hydroxylation sites is 2. The molecular weight excluding hydrogens is 348 g/mol. The number of hydrogen-bond donors (Lipinski definition) is 0. The smallest absolute Gasteiger partial charge is 0.224 e. The number of nitrogens with zero attached hydrogens (tertiary/aromatic N) is 2. The number of rotatable bonds is 4. The molecule has 4 heteroatoms. The minimum Gasteiger partial charge on any atom is -0.489 e. The van der Waals surface area contributed by atoms with Gasteiger partial charge in [0, 0.05) is 19.6 Å². The highest BCUT2D eigenvalue weighted by Gasteiger charge is 2.31. The monoisotopic (exact) mass is 378 g/mol. The predicted octanol–water partition coefficient (Wildman–Crippen LogP) is 4.41. The molecule has 0 spiro atoms. The van der Waals surface area contributed by atoms with E-state index in [1.807, 2.05) is 23.1 Å². The number of hydrogen-bond acceptors (Lipinski definition) is 3. The van der Waals surface area contributed by atoms with E-state index >= 15 is 0 Å². The van der Waals surface area contributed by atoms with Crippen LogP contribution in [0.2, 0.25) is 0 Å². The molecule has 2 aromatic rings. The number of anilines is 1. The summed E-state index contributed by atoms with van der Waals surface area (Å²) in [4.78, 5) is 17.4. The van der Waals surface area contributed by atoms with Gasteiger partial charge in [-0.3, -0.25) is 4.79 Å². The summed E-state index contributed by atoms with van der Waals surface area (Å²) in [5, 5.41) is 0. The molecule has 2 aliphatic heterocycles. The van der Waals surface area contributed by atoms with Crippen molar-refractivity contribution < 1.29 is 9.53 Å². The third-order valence-electron chi connectivity index (χ3n) is 6.07. The molecule has 1 atom stereocenters. The van der Waals surface area contributed by atoms with Crippen LogP contribution in [0.3, 0.4) is 0 Å². The number of likely N-dealkylation sites (tertiary alicyclic amines) is 1. The van der Waals surface area contributed by atoms with Crippen LogP contribution in [-0.4, -0.2) is 36.5 Å². The highest BCUT2D eigenvalue weighted by atomic mass is 16.5. The van der Waals surface area contributed by atoms with E-state index in [1.165, 1.54) is 11.1 Å². The van der Waals surface area contributed by atoms with E-state index in [4.69, 9.17) is 4.74 Å². The summed E-state index contributed by atoms with van der Waals surface area (Å²) in [5.41, 5.74) is 3.60. The summed E-state index contributed by atoms with van der Waals surface area (Å²) in [6.45, 7) is 7.50. The lowest BCUT2D eigenvalue weighted by Gasteiger charge is -2.40. The van der Waals surface area contributed by atoms with Gasteiger partial charge in [0.15, 0.2) is 0 Å². The Balaban J connectivity index is 1.53. The number of ether oxygens (including phenoxy) is 1. The third kappa shape index (κ3) is 4.16. The van der Waals surface area contributed by atoms with Crippen LogP contribution in [0.4, 0.5) is 5.69 Å². The molecule has 0 bridgehead atoms. The van der Waals surface area contributed by atoms with Crippen LogP contribution in [0.1, 0.15) is 37.3 Å². The Morgan fingerprint density at radius 2 is 1.79 bits per heavy atom. The van der Waals surface area contributed by atoms with E-state index in [0.29, 0.717) is 13.0 Å². The molecule has 0 aliphatic carbocycles. The van der Waals surface area contributed by atoms with Gasteiger partial charge in [-0.25, -0.2) is 0 Å². The standard InChI is InChI=1S/C24H30N2O2/c1-18-7-9-20(10-8-18)16-26-21(17-28-23-6-4-3-5-22(23)26)15-24(27)25-13-11-19(2)12-14-25/h3-10,19,21H,11-17H2,1-2H3. The summed E-state index contributed by atoms with van der Waals surface area (Å²) in [7, 11) is 0. The molecule has 0 aromatic heterocycles. The quantitative estimate of drug-likeness (QED) is 0.790. The van der Waals surface area contributed by atoms with E-state index in [2.05, 4.69) is 49.1 Å². The maximum atomic E-state index is 13.0. The molecule has 0 saturated carbocycles. The second-order valence-electron chi connectivity index (χ2n) is 8.31. The minimum absolute atomic E-state index is 0.0584. The Kier molecular flexibility index (Phi) is 5.56. The molecular formula is C24H30N2O2. The highest BCUT2D eigenvalue weighted by Crippen LogP contribution is 2.35. The molecule has 28 heavy (non-hydrogen) atoms. The van der Waals surface area contributed by atoms with E-state index in [9.17, 15) is 4.79 Å². The van der Waals surface area contributed by atoms with Crippen LogP contribution in [0.5, 0.6) is 5.75 Å². The maximum absolute atomic E-state index is 13.0. The zero-order chi connectivity index (χ0) is 19.5. The van der Waals surface area contributed by atoms with Gasteiger partial charge in [0.1, 0.15) is 12.4 Å². The molecule has 2 aromatic carbocycles. The summed E-state index contributed by atoms with van der Waals surface area (Å²) in [6, 6.07) is 16.9. The second kappa shape index (κ2) is 8.26. The SMILES string of the molecule is Cc1ccc(CN2c3ccccc3OCC2CC(=O)N2CCC(C)CC2)cc1. The van der Waals surface area contributed by atoms with Crippen molar-refractivity contribution >= 4 is 11.6 Å². The normalized spacial score (nSPS) is 19.9. The number of carbonyl (C=O) groups is 1. The maximum Gasteiger partial charge on any atom is 0.224 e. The van der Waals surface area contributed by atoms with Crippen molar-refractivity contribution in [2.45, 2.75) is 45.7 Å². The average Bonchev–Trinajstić information content (AvgIpc) is 2.71. The fraction of sp³-hybridized carbons (Fsp3) is 0.458. The van der Waals surface area contributed by atoms with Crippen molar-refractivity contribution in [3.8, 4) is 5.75 Å². The van der Waals surface area contributed by atoms with Gasteiger partial charge in [0.2, 0.25) is 5.91 Å². The number of fused-ring (bicyclic) bond motifs is 1. The molecule has 148 valence electrons. The van der Waals surface area contributed by atoms with Crippen molar-refractivity contribution in [2.75, 3.05) is 24.6 Å². The van der Waals surface area contributed by atoms with Gasteiger partial charge in [-0.05, 0) is 43.4 Å². The van der Waals surface area contributed by atoms with Gasteiger partial charge in [-0.15, -0.1) is 0 Å². The molecule has 2 heterocycles. The molecule has 0 radical (unpaired) electrons. The van der Waals surface area contributed by atoms with Crippen molar-refractivity contribution in [3.05, 3.63) is 59.7 Å². The highest BCUT2D eigenvalue weighted by molar-refractivity contribution is 5.78. The summed E-state index contributed by atoms with van der Waals surface area (Å²) >= 11 is 0. The Bertz CT molecular complexity index is 810. The Hall–Kier alpha value is -2.49. The minimum atomic E-state index is 0.0584. The lowest BCUT2D eigenvalue weighted by atomic mass is 9.98. The van der Waals surface area contributed by atoms with Crippen molar-refractivity contribution in [3.63, 3.8) is 0 Å². The Morgan fingerprint density at radius 3 is 2.54 bits per heavy atom. The van der Waals surface area contributed by atoms with Crippen LogP contribution < -0.4 is 9.64 Å². The molecule has 4 nitrogen and oxygen atoms in total. The zero-order valence-corrected chi connectivity index (χ0v) is 16.9. The van der Waals surface area contributed by atoms with Crippen LogP contribution in [-0.2, 0) is 11.3 Å². The lowest BCUT2D eigenvalue weighted by molar-refractivity contribution is -0.133. The average molecular weight is 379 g/mol. The first-order valence-corrected chi connectivity index (χ1v) is 10.4. The Morgan fingerprint density at radius 1 is 1.07 bits per heavy atom. The van der Waals surface area contributed by atoms with Gasteiger partial charge < -0.3 is 14.5 Å². The number of piperidine rings is 1. The predicted molar refractivity (Wildman–Crippen MR) is 113 cm³/mol. The zero-order valence-electron chi connectivity index (χ0n) is 16.9. The van der Waals surface area contributed by atoms with Crippen molar-refractivity contribution in [1.82, 2.24) is 4.90 Å². The van der Waals surface area contributed by atoms with Crippen LogP contribution >= 0.6 is 0 Å². The van der Waals surface area contributed by atoms with Crippen molar-refractivity contribution in [1.29, 1.82) is 0 Å². The third-order valence-corrected chi connectivity index (χ3v) is 6.07. The first kappa shape index (κ1) is 18.9. The van der Waals surface area contributed by atoms with Crippen LogP contribution in [0.15, 0.2) is 48.5 Å². The summed E-state index contributed by atoms with van der Waals surface area (Å²) in [5.74, 6) is 1.89. The molecule has 0 N–H and O–H groups in total. The fourth-order valence-corrected chi connectivity index (χ4v) is 4.15. The second-order valence-corrected chi connectivity index (χ2v) is 8.31. The molecule has 1 fully saturated rings. The molecule has 1 unspecified atom stereocenters. The van der Waals surface area contributed by atoms with E-state index in [1.54, 1.807) is 0 Å². The number of aryl methyl sites for hydroxylation is 1. The number of amides is 1. The topological polar surface area (TPSA) is 32.8 Å². The van der Waals surface area contributed by atoms with Crippen molar-refractivity contribution in [2.24, 2.45) is 5.92 Å². The van der Waals surface area contributed by atoms with Gasteiger partial charge in [0.05, 0.1) is 18.2 Å². The Labute approximate surface area is 168 Å². The first-order valence-electron chi connectivity index (χ1n) is 10.4. The van der Waals surface area contributed by atoms with Crippen LogP contribution in [0, 0.1) is 12.8 Å². The number of carbonyl (C=O) groups excluding carboxylic acids is 1. The largest absolute Gasteiger partial charge is 0.489 e. The van der Waals surface area contributed by atoms with E-state index < -0.39 is 0 Å². The van der Waals surface area contributed by atoms with Gasteiger partial charge in [-0.2, -0.15) is 0 Å². The van der Waals surface area contributed by atoms with E-state index in [-0.39, 0.29) is 11.9 Å². The van der Waals surface area contributed by atoms with Crippen LogP contribution in [0.25, 0.3) is 0 Å². The molecule has 1 saturated heterocycles. The van der Waals surface area contributed by atoms with E-state index in [0.717, 1.165) is 49.8 Å². The number of benzene rings is 2. The first-order chi connectivity index (χ1) is 13.6. The van der Waals surface area contributed by atoms with Gasteiger partial charge >= 0.3 is 0 Å². The summed E-state index contributed by atoms with van der Waals surface area (Å²) < 4.78 is 6.02. The fourth-order valence-electron chi connectivity index (χ4n) is 4.15. The lowest BCUT2D eigenvalue weighted by Crippen LogP contribution is -2.47.